The van der Waals surface area contributed by atoms with Gasteiger partial charge in [-0.2, -0.15) is 0 Å². The van der Waals surface area contributed by atoms with Gasteiger partial charge in [0.2, 0.25) is 0 Å². The molecule has 2 heteroatoms. The number of aldehydes is 1. The van der Waals surface area contributed by atoms with Crippen LogP contribution in [0, 0.1) is 0 Å². The molecular weight excluding hydrogens is 224 g/mol. The molecule has 0 amide bonds. The van der Waals surface area contributed by atoms with E-state index in [1.54, 1.807) is 6.07 Å². The van der Waals surface area contributed by atoms with Crippen LogP contribution in [-0.2, 0) is 0 Å². The molecule has 0 heterocycles. The fraction of sp³-hybridized carbons (Fsp3) is 0.188. The molecule has 0 atom stereocenters. The molecule has 0 radical (unpaired) electrons. The molecule has 0 spiro atoms. The summed E-state index contributed by atoms with van der Waals surface area (Å²) in [5.74, 6) is 0.867. The molecule has 0 unspecified atom stereocenters. The second-order valence-electron chi connectivity index (χ2n) is 4.12. The maximum absolute atomic E-state index is 10.8. The summed E-state index contributed by atoms with van der Waals surface area (Å²) < 4.78 is 5.60. The van der Waals surface area contributed by atoms with E-state index < -0.39 is 0 Å². The Morgan fingerprint density at radius 2 is 1.78 bits per heavy atom. The van der Waals surface area contributed by atoms with Crippen LogP contribution in [0.4, 0.5) is 0 Å². The molecule has 2 aromatic rings. The van der Waals surface area contributed by atoms with E-state index in [4.69, 9.17) is 4.74 Å². The van der Waals surface area contributed by atoms with E-state index in [0.717, 1.165) is 36.2 Å². The first-order valence-electron chi connectivity index (χ1n) is 6.12. The number of carbonyl (C=O) groups is 1. The van der Waals surface area contributed by atoms with E-state index in [1.807, 2.05) is 42.5 Å². The van der Waals surface area contributed by atoms with Crippen molar-refractivity contribution in [3.63, 3.8) is 0 Å². The number of hydrogen-bond donors (Lipinski definition) is 0. The molecule has 2 nitrogen and oxygen atoms in total. The topological polar surface area (TPSA) is 26.3 Å². The molecule has 0 aromatic heterocycles. The van der Waals surface area contributed by atoms with Gasteiger partial charge < -0.3 is 4.74 Å². The fourth-order valence-corrected chi connectivity index (χ4v) is 1.78. The van der Waals surface area contributed by atoms with E-state index in [9.17, 15) is 4.79 Å². The number of carbonyl (C=O) groups excluding carboxylic acids is 1. The van der Waals surface area contributed by atoms with Gasteiger partial charge in [0.05, 0.1) is 6.61 Å². The van der Waals surface area contributed by atoms with Crippen LogP contribution in [-0.4, -0.2) is 12.9 Å². The minimum absolute atomic E-state index is 0.687. The molecule has 18 heavy (non-hydrogen) atoms. The summed E-state index contributed by atoms with van der Waals surface area (Å²) in [5.41, 5.74) is 2.78. The maximum Gasteiger partial charge on any atom is 0.150 e. The molecule has 0 bridgehead atoms. The van der Waals surface area contributed by atoms with E-state index >= 15 is 0 Å². The van der Waals surface area contributed by atoms with Crippen LogP contribution in [0.5, 0.6) is 5.75 Å². The van der Waals surface area contributed by atoms with Crippen molar-refractivity contribution in [1.29, 1.82) is 0 Å². The first-order chi connectivity index (χ1) is 8.83. The predicted octanol–water partition coefficient (Wildman–Crippen LogP) is 3.95. The van der Waals surface area contributed by atoms with E-state index in [1.165, 1.54) is 0 Å². The van der Waals surface area contributed by atoms with Gasteiger partial charge in [-0.1, -0.05) is 37.3 Å². The number of ether oxygens (including phenoxy) is 1. The highest BCUT2D eigenvalue weighted by Crippen LogP contribution is 2.24. The highest BCUT2D eigenvalue weighted by atomic mass is 16.5. The second kappa shape index (κ2) is 6.01. The first kappa shape index (κ1) is 12.4. The highest BCUT2D eigenvalue weighted by molar-refractivity contribution is 5.79. The van der Waals surface area contributed by atoms with Gasteiger partial charge in [0, 0.05) is 5.56 Å². The highest BCUT2D eigenvalue weighted by Gasteiger charge is 2.01. The Bertz CT molecular complexity index is 532. The Morgan fingerprint density at radius 1 is 1.06 bits per heavy atom. The van der Waals surface area contributed by atoms with Crippen molar-refractivity contribution < 1.29 is 9.53 Å². The molecule has 0 saturated heterocycles. The molecule has 2 aromatic carbocycles. The minimum Gasteiger partial charge on any atom is -0.494 e. The lowest BCUT2D eigenvalue weighted by Gasteiger charge is -2.07. The molecule has 0 aliphatic carbocycles. The quantitative estimate of drug-likeness (QED) is 0.739. The van der Waals surface area contributed by atoms with Crippen LogP contribution in [0.1, 0.15) is 23.7 Å². The van der Waals surface area contributed by atoms with Crippen LogP contribution in [0.15, 0.2) is 48.5 Å². The third-order valence-corrected chi connectivity index (χ3v) is 2.66. The van der Waals surface area contributed by atoms with Gasteiger partial charge in [-0.3, -0.25) is 4.79 Å². The second-order valence-corrected chi connectivity index (χ2v) is 4.12. The van der Waals surface area contributed by atoms with Crippen molar-refractivity contribution >= 4 is 6.29 Å². The van der Waals surface area contributed by atoms with E-state index in [0.29, 0.717) is 5.56 Å². The third-order valence-electron chi connectivity index (χ3n) is 2.66. The minimum atomic E-state index is 0.687. The Hall–Kier alpha value is -2.09. The molecule has 0 aliphatic heterocycles. The van der Waals surface area contributed by atoms with Crippen LogP contribution >= 0.6 is 0 Å². The van der Waals surface area contributed by atoms with Crippen LogP contribution in [0.3, 0.4) is 0 Å². The SMILES string of the molecule is CCCOc1cccc(-c2cccc(C=O)c2)c1. The van der Waals surface area contributed by atoms with Gasteiger partial charge in [-0.05, 0) is 35.7 Å². The average Bonchev–Trinajstić information content (AvgIpc) is 2.45. The van der Waals surface area contributed by atoms with Crippen molar-refractivity contribution in [1.82, 2.24) is 0 Å². The largest absolute Gasteiger partial charge is 0.494 e. The van der Waals surface area contributed by atoms with Gasteiger partial charge >= 0.3 is 0 Å². The van der Waals surface area contributed by atoms with Gasteiger partial charge in [0.25, 0.3) is 0 Å². The lowest BCUT2D eigenvalue weighted by atomic mass is 10.0. The van der Waals surface area contributed by atoms with E-state index in [-0.39, 0.29) is 0 Å². The third kappa shape index (κ3) is 2.98. The van der Waals surface area contributed by atoms with Crippen molar-refractivity contribution in [2.75, 3.05) is 6.61 Å². The van der Waals surface area contributed by atoms with Gasteiger partial charge in [-0.25, -0.2) is 0 Å². The number of rotatable bonds is 5. The average molecular weight is 240 g/mol. The normalized spacial score (nSPS) is 10.1. The van der Waals surface area contributed by atoms with Gasteiger partial charge in [0.1, 0.15) is 12.0 Å². The van der Waals surface area contributed by atoms with Gasteiger partial charge in [-0.15, -0.1) is 0 Å². The van der Waals surface area contributed by atoms with Crippen LogP contribution in [0.2, 0.25) is 0 Å². The number of benzene rings is 2. The summed E-state index contributed by atoms with van der Waals surface area (Å²) >= 11 is 0. The van der Waals surface area contributed by atoms with Crippen molar-refractivity contribution in [2.24, 2.45) is 0 Å². The summed E-state index contributed by atoms with van der Waals surface area (Å²) in [5, 5.41) is 0. The summed E-state index contributed by atoms with van der Waals surface area (Å²) in [4.78, 5) is 10.8. The smallest absolute Gasteiger partial charge is 0.150 e. The molecule has 0 saturated carbocycles. The molecule has 0 aliphatic rings. The first-order valence-corrected chi connectivity index (χ1v) is 6.12. The Labute approximate surface area is 107 Å². The molecule has 2 rings (SSSR count). The molecule has 0 N–H and O–H groups in total. The maximum atomic E-state index is 10.8. The predicted molar refractivity (Wildman–Crippen MR) is 73.1 cm³/mol. The number of hydrogen-bond acceptors (Lipinski definition) is 2. The lowest BCUT2D eigenvalue weighted by Crippen LogP contribution is -1.94. The zero-order valence-corrected chi connectivity index (χ0v) is 10.4. The zero-order chi connectivity index (χ0) is 12.8. The summed E-state index contributed by atoms with van der Waals surface area (Å²) in [6.07, 6.45) is 1.85. The van der Waals surface area contributed by atoms with E-state index in [2.05, 4.69) is 6.92 Å². The van der Waals surface area contributed by atoms with Crippen molar-refractivity contribution in [3.8, 4) is 16.9 Å². The Kier molecular flexibility index (Phi) is 4.13. The fourth-order valence-electron chi connectivity index (χ4n) is 1.78. The van der Waals surface area contributed by atoms with Crippen LogP contribution in [0.25, 0.3) is 11.1 Å². The van der Waals surface area contributed by atoms with Crippen molar-refractivity contribution in [2.45, 2.75) is 13.3 Å². The van der Waals surface area contributed by atoms with Crippen molar-refractivity contribution in [3.05, 3.63) is 54.1 Å². The van der Waals surface area contributed by atoms with Gasteiger partial charge in [0.15, 0.2) is 0 Å². The summed E-state index contributed by atoms with van der Waals surface area (Å²) in [6, 6.07) is 15.5. The van der Waals surface area contributed by atoms with Crippen LogP contribution < -0.4 is 4.74 Å². The molecular formula is C16H16O2. The zero-order valence-electron chi connectivity index (χ0n) is 10.4. The Morgan fingerprint density at radius 3 is 2.50 bits per heavy atom. The Balaban J connectivity index is 2.29. The standard InChI is InChI=1S/C16H16O2/c1-2-9-18-16-8-4-7-15(11-16)14-6-3-5-13(10-14)12-17/h3-8,10-12H,2,9H2,1H3. The summed E-state index contributed by atoms with van der Waals surface area (Å²) in [7, 11) is 0. The monoisotopic (exact) mass is 240 g/mol. The summed E-state index contributed by atoms with van der Waals surface area (Å²) in [6.45, 7) is 2.80. The molecule has 92 valence electrons. The lowest BCUT2D eigenvalue weighted by molar-refractivity contribution is 0.112. The molecule has 0 fully saturated rings.